The SMILES string of the molecule is CCCCOc1ccc(NC(=O)C2(c3cccc(C)c3)CCOCC2)c(C#N)c1. The minimum atomic E-state index is -0.659. The number of carbonyl (C=O) groups excluding carboxylic acids is 1. The van der Waals surface area contributed by atoms with Gasteiger partial charge in [-0.2, -0.15) is 5.26 Å². The number of carbonyl (C=O) groups is 1. The van der Waals surface area contributed by atoms with Gasteiger partial charge in [-0.15, -0.1) is 0 Å². The van der Waals surface area contributed by atoms with Crippen molar-refractivity contribution in [3.63, 3.8) is 0 Å². The van der Waals surface area contributed by atoms with Crippen molar-refractivity contribution >= 4 is 11.6 Å². The molecule has 0 atom stereocenters. The standard InChI is InChI=1S/C24H28N2O3/c1-3-4-12-29-21-8-9-22(19(16-21)17-25)26-23(27)24(10-13-28-14-11-24)20-7-5-6-18(2)15-20/h5-9,15-16H,3-4,10-14H2,1-2H3,(H,26,27). The van der Waals surface area contributed by atoms with Gasteiger partial charge in [0.2, 0.25) is 5.91 Å². The summed E-state index contributed by atoms with van der Waals surface area (Å²) in [6.07, 6.45) is 3.23. The Hall–Kier alpha value is -2.84. The number of nitrogens with zero attached hydrogens (tertiary/aromatic N) is 1. The summed E-state index contributed by atoms with van der Waals surface area (Å²) in [6, 6.07) is 15.5. The number of hydrogen-bond acceptors (Lipinski definition) is 4. The summed E-state index contributed by atoms with van der Waals surface area (Å²) in [5.41, 5.74) is 2.37. The Labute approximate surface area is 172 Å². The summed E-state index contributed by atoms with van der Waals surface area (Å²) in [5.74, 6) is 0.551. The maximum atomic E-state index is 13.5. The fraction of sp³-hybridized carbons (Fsp3) is 0.417. The third kappa shape index (κ3) is 4.78. The van der Waals surface area contributed by atoms with E-state index in [9.17, 15) is 10.1 Å². The average Bonchev–Trinajstić information content (AvgIpc) is 2.75. The summed E-state index contributed by atoms with van der Waals surface area (Å²) in [6.45, 7) is 5.82. The van der Waals surface area contributed by atoms with E-state index in [0.29, 0.717) is 49.7 Å². The van der Waals surface area contributed by atoms with E-state index in [1.54, 1.807) is 18.2 Å². The van der Waals surface area contributed by atoms with Gasteiger partial charge in [0.1, 0.15) is 11.8 Å². The number of nitriles is 1. The molecule has 2 aromatic rings. The fourth-order valence-corrected chi connectivity index (χ4v) is 3.70. The van der Waals surface area contributed by atoms with Crippen molar-refractivity contribution in [2.45, 2.75) is 44.9 Å². The molecule has 1 N–H and O–H groups in total. The molecule has 152 valence electrons. The van der Waals surface area contributed by atoms with Crippen molar-refractivity contribution in [1.82, 2.24) is 0 Å². The predicted molar refractivity (Wildman–Crippen MR) is 113 cm³/mol. The summed E-state index contributed by atoms with van der Waals surface area (Å²) in [7, 11) is 0. The highest BCUT2D eigenvalue weighted by atomic mass is 16.5. The maximum Gasteiger partial charge on any atom is 0.235 e. The lowest BCUT2D eigenvalue weighted by molar-refractivity contribution is -0.125. The number of rotatable bonds is 7. The first kappa shape index (κ1) is 20.9. The molecular formula is C24H28N2O3. The van der Waals surface area contributed by atoms with Gasteiger partial charge in [-0.25, -0.2) is 0 Å². The lowest BCUT2D eigenvalue weighted by Crippen LogP contribution is -2.45. The summed E-state index contributed by atoms with van der Waals surface area (Å²) < 4.78 is 11.2. The molecule has 0 aromatic heterocycles. The van der Waals surface area contributed by atoms with Crippen molar-refractivity contribution in [1.29, 1.82) is 5.26 Å². The molecule has 0 radical (unpaired) electrons. The van der Waals surface area contributed by atoms with Crippen LogP contribution < -0.4 is 10.1 Å². The molecule has 3 rings (SSSR count). The summed E-state index contributed by atoms with van der Waals surface area (Å²) >= 11 is 0. The highest BCUT2D eigenvalue weighted by Crippen LogP contribution is 2.37. The van der Waals surface area contributed by atoms with Crippen molar-refractivity contribution in [3.05, 3.63) is 59.2 Å². The molecule has 0 saturated carbocycles. The number of nitrogens with one attached hydrogen (secondary N) is 1. The number of aryl methyl sites for hydroxylation is 1. The quantitative estimate of drug-likeness (QED) is 0.691. The smallest absolute Gasteiger partial charge is 0.235 e. The highest BCUT2D eigenvalue weighted by Gasteiger charge is 2.42. The van der Waals surface area contributed by atoms with Gasteiger partial charge in [-0.05, 0) is 49.9 Å². The molecule has 1 heterocycles. The van der Waals surface area contributed by atoms with E-state index < -0.39 is 5.41 Å². The predicted octanol–water partition coefficient (Wildman–Crippen LogP) is 4.73. The fourth-order valence-electron chi connectivity index (χ4n) is 3.70. The van der Waals surface area contributed by atoms with Crippen molar-refractivity contribution in [2.75, 3.05) is 25.1 Å². The molecule has 5 heteroatoms. The lowest BCUT2D eigenvalue weighted by atomic mass is 9.73. The molecule has 1 amide bonds. The van der Waals surface area contributed by atoms with Gasteiger partial charge >= 0.3 is 0 Å². The molecule has 0 bridgehead atoms. The van der Waals surface area contributed by atoms with E-state index in [1.165, 1.54) is 0 Å². The van der Waals surface area contributed by atoms with Crippen LogP contribution in [-0.2, 0) is 14.9 Å². The Bertz CT molecular complexity index is 895. The topological polar surface area (TPSA) is 71.3 Å². The summed E-state index contributed by atoms with van der Waals surface area (Å²) in [4.78, 5) is 13.5. The Morgan fingerprint density at radius 1 is 1.24 bits per heavy atom. The van der Waals surface area contributed by atoms with Crippen LogP contribution in [0.2, 0.25) is 0 Å². The molecule has 5 nitrogen and oxygen atoms in total. The third-order valence-corrected chi connectivity index (χ3v) is 5.48. The Morgan fingerprint density at radius 3 is 2.72 bits per heavy atom. The number of unbranched alkanes of at least 4 members (excludes halogenated alkanes) is 1. The van der Waals surface area contributed by atoms with E-state index in [0.717, 1.165) is 24.0 Å². The van der Waals surface area contributed by atoms with Crippen LogP contribution in [0.1, 0.15) is 49.3 Å². The zero-order valence-corrected chi connectivity index (χ0v) is 17.2. The zero-order chi connectivity index (χ0) is 20.7. The van der Waals surface area contributed by atoms with Crippen LogP contribution in [0.3, 0.4) is 0 Å². The number of amides is 1. The van der Waals surface area contributed by atoms with Crippen LogP contribution in [0.4, 0.5) is 5.69 Å². The van der Waals surface area contributed by atoms with Crippen molar-refractivity contribution in [2.24, 2.45) is 0 Å². The average molecular weight is 392 g/mol. The van der Waals surface area contributed by atoms with Crippen molar-refractivity contribution < 1.29 is 14.3 Å². The Morgan fingerprint density at radius 2 is 2.03 bits per heavy atom. The van der Waals surface area contributed by atoms with E-state index in [1.807, 2.05) is 25.1 Å². The van der Waals surface area contributed by atoms with Gasteiger partial charge in [0.25, 0.3) is 0 Å². The summed E-state index contributed by atoms with van der Waals surface area (Å²) in [5, 5.41) is 12.6. The Kier molecular flexibility index (Phi) is 6.90. The van der Waals surface area contributed by atoms with Gasteiger partial charge in [0, 0.05) is 13.2 Å². The van der Waals surface area contributed by atoms with Crippen LogP contribution in [0.15, 0.2) is 42.5 Å². The van der Waals surface area contributed by atoms with Crippen LogP contribution in [0.25, 0.3) is 0 Å². The Balaban J connectivity index is 1.85. The minimum Gasteiger partial charge on any atom is -0.494 e. The second-order valence-electron chi connectivity index (χ2n) is 7.54. The zero-order valence-electron chi connectivity index (χ0n) is 17.2. The second-order valence-corrected chi connectivity index (χ2v) is 7.54. The number of hydrogen-bond donors (Lipinski definition) is 1. The molecule has 29 heavy (non-hydrogen) atoms. The number of ether oxygens (including phenoxy) is 2. The molecule has 1 saturated heterocycles. The molecular weight excluding hydrogens is 364 g/mol. The van der Waals surface area contributed by atoms with Crippen LogP contribution in [0.5, 0.6) is 5.75 Å². The van der Waals surface area contributed by atoms with Gasteiger partial charge in [0.15, 0.2) is 0 Å². The van der Waals surface area contributed by atoms with Crippen LogP contribution >= 0.6 is 0 Å². The lowest BCUT2D eigenvalue weighted by Gasteiger charge is -2.36. The molecule has 1 fully saturated rings. The van der Waals surface area contributed by atoms with Gasteiger partial charge in [-0.3, -0.25) is 4.79 Å². The largest absolute Gasteiger partial charge is 0.494 e. The molecule has 0 unspecified atom stereocenters. The first-order valence-corrected chi connectivity index (χ1v) is 10.2. The monoisotopic (exact) mass is 392 g/mol. The van der Waals surface area contributed by atoms with Gasteiger partial charge in [0.05, 0.1) is 23.3 Å². The van der Waals surface area contributed by atoms with Crippen LogP contribution in [0, 0.1) is 18.3 Å². The third-order valence-electron chi connectivity index (χ3n) is 5.48. The highest BCUT2D eigenvalue weighted by molar-refractivity contribution is 6.00. The normalized spacial score (nSPS) is 15.3. The van der Waals surface area contributed by atoms with E-state index in [4.69, 9.17) is 9.47 Å². The maximum absolute atomic E-state index is 13.5. The first-order chi connectivity index (χ1) is 14.1. The van der Waals surface area contributed by atoms with Crippen LogP contribution in [-0.4, -0.2) is 25.7 Å². The first-order valence-electron chi connectivity index (χ1n) is 10.2. The molecule has 1 aliphatic rings. The molecule has 1 aliphatic heterocycles. The minimum absolute atomic E-state index is 0.0949. The van der Waals surface area contributed by atoms with Gasteiger partial charge < -0.3 is 14.8 Å². The molecule has 0 aliphatic carbocycles. The van der Waals surface area contributed by atoms with E-state index in [-0.39, 0.29) is 5.91 Å². The molecule has 2 aromatic carbocycles. The number of benzene rings is 2. The van der Waals surface area contributed by atoms with Gasteiger partial charge in [-0.1, -0.05) is 43.2 Å². The number of anilines is 1. The second kappa shape index (κ2) is 9.58. The van der Waals surface area contributed by atoms with Crippen molar-refractivity contribution in [3.8, 4) is 11.8 Å². The van der Waals surface area contributed by atoms with E-state index in [2.05, 4.69) is 24.4 Å². The van der Waals surface area contributed by atoms with E-state index >= 15 is 0 Å². The molecule has 0 spiro atoms.